The fraction of sp³-hybridized carbons (Fsp3) is 1.00. The molecule has 0 radical (unpaired) electrons. The van der Waals surface area contributed by atoms with Gasteiger partial charge < -0.3 is 10.4 Å². The van der Waals surface area contributed by atoms with E-state index < -0.39 is 0 Å². The minimum atomic E-state index is -0.156. The van der Waals surface area contributed by atoms with Crippen LogP contribution in [0.4, 0.5) is 0 Å². The summed E-state index contributed by atoms with van der Waals surface area (Å²) in [5.74, 6) is 0. The maximum Gasteiger partial charge on any atom is 0.0664 e. The van der Waals surface area contributed by atoms with Crippen molar-refractivity contribution in [3.05, 3.63) is 0 Å². The van der Waals surface area contributed by atoms with Crippen LogP contribution in [0, 0.1) is 0 Å². The zero-order valence-electron chi connectivity index (χ0n) is 10.1. The first-order chi connectivity index (χ1) is 6.74. The molecular weight excluding hydrogens is 174 g/mol. The van der Waals surface area contributed by atoms with E-state index in [9.17, 15) is 5.11 Å². The lowest BCUT2D eigenvalue weighted by molar-refractivity contribution is 0.154. The summed E-state index contributed by atoms with van der Waals surface area (Å²) >= 11 is 0. The molecule has 0 aliphatic carbocycles. The van der Waals surface area contributed by atoms with E-state index in [-0.39, 0.29) is 6.10 Å². The van der Waals surface area contributed by atoms with Gasteiger partial charge in [-0.2, -0.15) is 0 Å². The maximum atomic E-state index is 9.57. The van der Waals surface area contributed by atoms with Gasteiger partial charge in [0, 0.05) is 12.6 Å². The monoisotopic (exact) mass is 201 g/mol. The Morgan fingerprint density at radius 1 is 0.929 bits per heavy atom. The highest BCUT2D eigenvalue weighted by Crippen LogP contribution is 2.05. The van der Waals surface area contributed by atoms with Crippen molar-refractivity contribution >= 4 is 0 Å². The summed E-state index contributed by atoms with van der Waals surface area (Å²) in [5.41, 5.74) is 0. The summed E-state index contributed by atoms with van der Waals surface area (Å²) < 4.78 is 0. The second kappa shape index (κ2) is 9.47. The Hall–Kier alpha value is -0.0800. The summed E-state index contributed by atoms with van der Waals surface area (Å²) in [5, 5.41) is 13.0. The van der Waals surface area contributed by atoms with Crippen molar-refractivity contribution in [3.63, 3.8) is 0 Å². The highest BCUT2D eigenvalue weighted by atomic mass is 16.3. The average molecular weight is 201 g/mol. The smallest absolute Gasteiger partial charge is 0.0664 e. The zero-order chi connectivity index (χ0) is 10.8. The Morgan fingerprint density at radius 3 is 1.86 bits per heavy atom. The molecule has 86 valence electrons. The lowest BCUT2D eigenvalue weighted by Gasteiger charge is -2.19. The fourth-order valence-electron chi connectivity index (χ4n) is 1.78. The molecule has 0 rings (SSSR count). The van der Waals surface area contributed by atoms with Gasteiger partial charge in [0.2, 0.25) is 0 Å². The van der Waals surface area contributed by atoms with Crippen LogP contribution in [-0.4, -0.2) is 23.8 Å². The van der Waals surface area contributed by atoms with Crippen LogP contribution in [0.5, 0.6) is 0 Å². The average Bonchev–Trinajstić information content (AvgIpc) is 2.15. The molecule has 2 nitrogen and oxygen atoms in total. The summed E-state index contributed by atoms with van der Waals surface area (Å²) in [6, 6.07) is 0.608. The normalized spacial score (nSPS) is 13.5. The third kappa shape index (κ3) is 7.34. The van der Waals surface area contributed by atoms with Gasteiger partial charge in [0.1, 0.15) is 0 Å². The summed E-state index contributed by atoms with van der Waals surface area (Å²) in [6.07, 6.45) is 6.73. The molecule has 0 bridgehead atoms. The van der Waals surface area contributed by atoms with Crippen molar-refractivity contribution < 1.29 is 5.11 Å². The minimum Gasteiger partial charge on any atom is -0.392 e. The van der Waals surface area contributed by atoms with Crippen LogP contribution in [0.1, 0.15) is 59.3 Å². The summed E-state index contributed by atoms with van der Waals surface area (Å²) in [7, 11) is 0. The van der Waals surface area contributed by atoms with Gasteiger partial charge in [-0.1, -0.05) is 40.0 Å². The predicted molar refractivity (Wildman–Crippen MR) is 62.5 cm³/mol. The van der Waals surface area contributed by atoms with Crippen LogP contribution >= 0.6 is 0 Å². The Kier molecular flexibility index (Phi) is 9.42. The van der Waals surface area contributed by atoms with Gasteiger partial charge in [0.15, 0.2) is 0 Å². The number of hydrogen-bond acceptors (Lipinski definition) is 2. The molecule has 0 saturated carbocycles. The first-order valence-electron chi connectivity index (χ1n) is 6.15. The van der Waals surface area contributed by atoms with Gasteiger partial charge in [-0.05, 0) is 19.3 Å². The Morgan fingerprint density at radius 2 is 1.43 bits per heavy atom. The van der Waals surface area contributed by atoms with Crippen LogP contribution in [-0.2, 0) is 0 Å². The quantitative estimate of drug-likeness (QED) is 0.601. The van der Waals surface area contributed by atoms with E-state index in [1.54, 1.807) is 0 Å². The topological polar surface area (TPSA) is 32.3 Å². The maximum absolute atomic E-state index is 9.57. The largest absolute Gasteiger partial charge is 0.392 e. The minimum absolute atomic E-state index is 0.156. The standard InChI is InChI=1S/C12H27NO/c1-4-7-11(8-5-2)13-10-12(14)9-6-3/h11-14H,4-10H2,1-3H3. The molecule has 2 heteroatoms. The van der Waals surface area contributed by atoms with Crippen molar-refractivity contribution in [2.75, 3.05) is 6.54 Å². The number of aliphatic hydroxyl groups is 1. The van der Waals surface area contributed by atoms with Gasteiger partial charge >= 0.3 is 0 Å². The fourth-order valence-corrected chi connectivity index (χ4v) is 1.78. The number of rotatable bonds is 9. The number of aliphatic hydroxyl groups excluding tert-OH is 1. The molecule has 2 N–H and O–H groups in total. The van der Waals surface area contributed by atoms with Crippen LogP contribution in [0.3, 0.4) is 0 Å². The highest BCUT2D eigenvalue weighted by molar-refractivity contribution is 4.68. The molecule has 0 aromatic carbocycles. The van der Waals surface area contributed by atoms with Crippen LogP contribution in [0.15, 0.2) is 0 Å². The van der Waals surface area contributed by atoms with Gasteiger partial charge in [0.05, 0.1) is 6.10 Å². The molecule has 0 amide bonds. The van der Waals surface area contributed by atoms with Crippen molar-refractivity contribution in [2.24, 2.45) is 0 Å². The Bertz CT molecular complexity index is 111. The van der Waals surface area contributed by atoms with E-state index in [0.29, 0.717) is 6.04 Å². The summed E-state index contributed by atoms with van der Waals surface area (Å²) in [4.78, 5) is 0. The second-order valence-electron chi connectivity index (χ2n) is 4.13. The van der Waals surface area contributed by atoms with Gasteiger partial charge in [0.25, 0.3) is 0 Å². The van der Waals surface area contributed by atoms with E-state index in [1.165, 1.54) is 25.7 Å². The molecule has 0 fully saturated rings. The molecule has 14 heavy (non-hydrogen) atoms. The third-order valence-corrected chi connectivity index (χ3v) is 2.54. The van der Waals surface area contributed by atoms with Crippen molar-refractivity contribution in [1.29, 1.82) is 0 Å². The van der Waals surface area contributed by atoms with E-state index >= 15 is 0 Å². The van der Waals surface area contributed by atoms with Crippen LogP contribution in [0.25, 0.3) is 0 Å². The molecule has 0 heterocycles. The van der Waals surface area contributed by atoms with Crippen LogP contribution in [0.2, 0.25) is 0 Å². The lowest BCUT2D eigenvalue weighted by Crippen LogP contribution is -2.35. The Balaban J connectivity index is 3.57. The molecular formula is C12H27NO. The van der Waals surface area contributed by atoms with E-state index in [4.69, 9.17) is 0 Å². The van der Waals surface area contributed by atoms with Crippen LogP contribution < -0.4 is 5.32 Å². The van der Waals surface area contributed by atoms with Crippen molar-refractivity contribution in [1.82, 2.24) is 5.32 Å². The zero-order valence-corrected chi connectivity index (χ0v) is 10.1. The molecule has 0 aromatic rings. The number of hydrogen-bond donors (Lipinski definition) is 2. The van der Waals surface area contributed by atoms with E-state index in [0.717, 1.165) is 19.4 Å². The molecule has 0 aliphatic heterocycles. The first-order valence-corrected chi connectivity index (χ1v) is 6.15. The van der Waals surface area contributed by atoms with E-state index in [1.807, 2.05) is 0 Å². The molecule has 0 aromatic heterocycles. The van der Waals surface area contributed by atoms with Crippen molar-refractivity contribution in [3.8, 4) is 0 Å². The lowest BCUT2D eigenvalue weighted by atomic mass is 10.1. The molecule has 0 saturated heterocycles. The first kappa shape index (κ1) is 13.9. The van der Waals surface area contributed by atoms with Gasteiger partial charge in [-0.3, -0.25) is 0 Å². The third-order valence-electron chi connectivity index (χ3n) is 2.54. The van der Waals surface area contributed by atoms with Gasteiger partial charge in [-0.15, -0.1) is 0 Å². The predicted octanol–water partition coefficient (Wildman–Crippen LogP) is 2.71. The molecule has 0 aliphatic rings. The van der Waals surface area contributed by atoms with Gasteiger partial charge in [-0.25, -0.2) is 0 Å². The Labute approximate surface area is 89.1 Å². The molecule has 1 unspecified atom stereocenters. The molecule has 0 spiro atoms. The SMILES string of the molecule is CCCC(O)CNC(CCC)CCC. The second-order valence-corrected chi connectivity index (χ2v) is 4.13. The molecule has 1 atom stereocenters. The highest BCUT2D eigenvalue weighted by Gasteiger charge is 2.08. The van der Waals surface area contributed by atoms with Crippen molar-refractivity contribution in [2.45, 2.75) is 71.4 Å². The number of nitrogens with one attached hydrogen (secondary N) is 1. The van der Waals surface area contributed by atoms with E-state index in [2.05, 4.69) is 26.1 Å². The summed E-state index contributed by atoms with van der Waals surface area (Å²) in [6.45, 7) is 7.30.